The van der Waals surface area contributed by atoms with Gasteiger partial charge in [0.15, 0.2) is 0 Å². The van der Waals surface area contributed by atoms with Crippen LogP contribution in [0.1, 0.15) is 33.1 Å². The number of nitrogens with one attached hydrogen (secondary N) is 1. The van der Waals surface area contributed by atoms with Gasteiger partial charge in [0.25, 0.3) is 0 Å². The van der Waals surface area contributed by atoms with E-state index < -0.39 is 6.36 Å². The molecule has 0 bridgehead atoms. The highest BCUT2D eigenvalue weighted by Crippen LogP contribution is 2.27. The third-order valence-electron chi connectivity index (χ3n) is 4.10. The first-order chi connectivity index (χ1) is 12.2. The molecule has 1 N–H and O–H groups in total. The number of carbonyl (C=O) groups excluding carboxylic acids is 1. The summed E-state index contributed by atoms with van der Waals surface area (Å²) in [6, 6.07) is 5.75. The monoisotopic (exact) mass is 406 g/mol. The lowest BCUT2D eigenvalue weighted by Crippen LogP contribution is -2.45. The molecule has 9 heteroatoms. The molecule has 0 radical (unpaired) electrons. The molecule has 144 valence electrons. The van der Waals surface area contributed by atoms with Crippen molar-refractivity contribution >= 4 is 39.9 Å². The zero-order valence-corrected chi connectivity index (χ0v) is 16.1. The summed E-state index contributed by atoms with van der Waals surface area (Å²) < 4.78 is 40.9. The van der Waals surface area contributed by atoms with Crippen LogP contribution in [0.4, 0.5) is 18.9 Å². The first kappa shape index (κ1) is 20.8. The lowest BCUT2D eigenvalue weighted by atomic mass is 9.99. The molecule has 0 saturated carbocycles. The Morgan fingerprint density at radius 3 is 2.38 bits per heavy atom. The average molecular weight is 406 g/mol. The van der Waals surface area contributed by atoms with Gasteiger partial charge in [0.1, 0.15) is 10.1 Å². The van der Waals surface area contributed by atoms with Gasteiger partial charge in [0.2, 0.25) is 5.91 Å². The summed E-state index contributed by atoms with van der Waals surface area (Å²) in [5.74, 6) is -0.450. The quantitative estimate of drug-likeness (QED) is 0.727. The summed E-state index contributed by atoms with van der Waals surface area (Å²) in [6.45, 7) is 4.26. The molecular formula is C17H21F3N2O2S2. The van der Waals surface area contributed by atoms with Gasteiger partial charge in [-0.2, -0.15) is 0 Å². The summed E-state index contributed by atoms with van der Waals surface area (Å²) in [5, 5.41) is 2.64. The molecule has 0 unspecified atom stereocenters. The Bertz CT molecular complexity index is 628. The van der Waals surface area contributed by atoms with Gasteiger partial charge in [-0.25, -0.2) is 0 Å². The molecule has 1 aromatic carbocycles. The fourth-order valence-electron chi connectivity index (χ4n) is 2.92. The Morgan fingerprint density at radius 1 is 1.27 bits per heavy atom. The predicted octanol–water partition coefficient (Wildman–Crippen LogP) is 4.80. The van der Waals surface area contributed by atoms with E-state index in [1.165, 1.54) is 30.3 Å². The molecule has 1 saturated heterocycles. The largest absolute Gasteiger partial charge is 0.573 e. The number of thiocarbonyl (C=S) groups is 1. The SMILES string of the molecule is C[C@H]1CCC[C@H](C)N1C(=S)SCC(=O)Nc1ccc(OC(F)(F)F)cc1. The van der Waals surface area contributed by atoms with Crippen LogP contribution in [0.3, 0.4) is 0 Å². The molecule has 2 atom stereocenters. The molecule has 2 rings (SSSR count). The molecular weight excluding hydrogens is 385 g/mol. The van der Waals surface area contributed by atoms with Crippen LogP contribution in [0, 0.1) is 0 Å². The normalized spacial score (nSPS) is 20.6. The van der Waals surface area contributed by atoms with Gasteiger partial charge in [-0.3, -0.25) is 4.79 Å². The number of ether oxygens (including phenoxy) is 1. The number of hydrogen-bond acceptors (Lipinski definition) is 4. The zero-order valence-electron chi connectivity index (χ0n) is 14.5. The summed E-state index contributed by atoms with van der Waals surface area (Å²) in [7, 11) is 0. The van der Waals surface area contributed by atoms with Crippen molar-refractivity contribution in [2.24, 2.45) is 0 Å². The van der Waals surface area contributed by atoms with Gasteiger partial charge in [0.05, 0.1) is 5.75 Å². The molecule has 1 aliphatic heterocycles. The minimum absolute atomic E-state index is 0.148. The maximum Gasteiger partial charge on any atom is 0.573 e. The number of rotatable bonds is 4. The maximum absolute atomic E-state index is 12.1. The van der Waals surface area contributed by atoms with Gasteiger partial charge in [-0.05, 0) is 57.4 Å². The number of benzene rings is 1. The van der Waals surface area contributed by atoms with Crippen LogP contribution < -0.4 is 10.1 Å². The Hall–Kier alpha value is -1.48. The molecule has 0 aromatic heterocycles. The molecule has 4 nitrogen and oxygen atoms in total. The number of anilines is 1. The number of alkyl halides is 3. The van der Waals surface area contributed by atoms with Crippen molar-refractivity contribution in [3.63, 3.8) is 0 Å². The highest BCUT2D eigenvalue weighted by atomic mass is 32.2. The van der Waals surface area contributed by atoms with Crippen molar-refractivity contribution < 1.29 is 22.7 Å². The Balaban J connectivity index is 1.82. The Morgan fingerprint density at radius 2 is 1.85 bits per heavy atom. The van der Waals surface area contributed by atoms with Crippen LogP contribution in [0.5, 0.6) is 5.75 Å². The Labute approximate surface area is 160 Å². The van der Waals surface area contributed by atoms with Crippen LogP contribution in [0.2, 0.25) is 0 Å². The van der Waals surface area contributed by atoms with Crippen LogP contribution in [-0.4, -0.2) is 39.3 Å². The molecule has 0 spiro atoms. The molecule has 1 fully saturated rings. The summed E-state index contributed by atoms with van der Waals surface area (Å²) in [5.41, 5.74) is 0.399. The highest BCUT2D eigenvalue weighted by Gasteiger charge is 2.31. The fourth-order valence-corrected chi connectivity index (χ4v) is 4.29. The number of hydrogen-bond donors (Lipinski definition) is 1. The molecule has 1 aliphatic rings. The van der Waals surface area contributed by atoms with Crippen LogP contribution >= 0.6 is 24.0 Å². The average Bonchev–Trinajstić information content (AvgIpc) is 2.53. The predicted molar refractivity (Wildman–Crippen MR) is 101 cm³/mol. The third-order valence-corrected chi connectivity index (χ3v) is 5.53. The second kappa shape index (κ2) is 8.94. The van der Waals surface area contributed by atoms with E-state index in [1.54, 1.807) is 0 Å². The number of piperidine rings is 1. The molecule has 0 aliphatic carbocycles. The lowest BCUT2D eigenvalue weighted by Gasteiger charge is -2.40. The topological polar surface area (TPSA) is 41.6 Å². The second-order valence-corrected chi connectivity index (χ2v) is 7.82. The third kappa shape index (κ3) is 6.35. The fraction of sp³-hybridized carbons (Fsp3) is 0.529. The minimum atomic E-state index is -4.74. The number of amides is 1. The number of halogens is 3. The number of likely N-dealkylation sites (tertiary alicyclic amines) is 1. The van der Waals surface area contributed by atoms with E-state index in [2.05, 4.69) is 28.8 Å². The molecule has 1 heterocycles. The van der Waals surface area contributed by atoms with Gasteiger partial charge < -0.3 is 15.0 Å². The van der Waals surface area contributed by atoms with Crippen LogP contribution in [0.15, 0.2) is 24.3 Å². The maximum atomic E-state index is 12.1. The number of thioether (sulfide) groups is 1. The second-order valence-electron chi connectivity index (χ2n) is 6.21. The number of carbonyl (C=O) groups is 1. The van der Waals surface area contributed by atoms with Crippen LogP contribution in [-0.2, 0) is 4.79 Å². The molecule has 1 aromatic rings. The van der Waals surface area contributed by atoms with E-state index in [-0.39, 0.29) is 17.4 Å². The van der Waals surface area contributed by atoms with Gasteiger partial charge >= 0.3 is 6.36 Å². The van der Waals surface area contributed by atoms with Gasteiger partial charge in [0, 0.05) is 17.8 Å². The van der Waals surface area contributed by atoms with Gasteiger partial charge in [-0.15, -0.1) is 13.2 Å². The summed E-state index contributed by atoms with van der Waals surface area (Å²) >= 11 is 6.77. The van der Waals surface area contributed by atoms with E-state index in [4.69, 9.17) is 12.2 Å². The standard InChI is InChI=1S/C17H21F3N2O2S2/c1-11-4-3-5-12(2)22(11)16(25)26-10-15(23)21-13-6-8-14(9-7-13)24-17(18,19)20/h6-9,11-12H,3-5,10H2,1-2H3,(H,21,23)/t11-,12-/m0/s1. The smallest absolute Gasteiger partial charge is 0.406 e. The van der Waals surface area contributed by atoms with E-state index in [0.29, 0.717) is 22.1 Å². The summed E-state index contributed by atoms with van der Waals surface area (Å²) in [4.78, 5) is 14.2. The lowest BCUT2D eigenvalue weighted by molar-refractivity contribution is -0.274. The highest BCUT2D eigenvalue weighted by molar-refractivity contribution is 8.23. The van der Waals surface area contributed by atoms with Crippen molar-refractivity contribution in [3.8, 4) is 5.75 Å². The number of nitrogens with zero attached hydrogens (tertiary/aromatic N) is 1. The molecule has 1 amide bonds. The van der Waals surface area contributed by atoms with Gasteiger partial charge in [-0.1, -0.05) is 24.0 Å². The van der Waals surface area contributed by atoms with E-state index in [9.17, 15) is 18.0 Å². The van der Waals surface area contributed by atoms with Crippen molar-refractivity contribution in [3.05, 3.63) is 24.3 Å². The van der Waals surface area contributed by atoms with E-state index in [1.807, 2.05) is 0 Å². The van der Waals surface area contributed by atoms with Crippen LogP contribution in [0.25, 0.3) is 0 Å². The van der Waals surface area contributed by atoms with Crippen molar-refractivity contribution in [2.45, 2.75) is 51.6 Å². The first-order valence-corrected chi connectivity index (χ1v) is 9.66. The van der Waals surface area contributed by atoms with Crippen molar-refractivity contribution in [1.82, 2.24) is 4.90 Å². The minimum Gasteiger partial charge on any atom is -0.406 e. The van der Waals surface area contributed by atoms with Crippen molar-refractivity contribution in [1.29, 1.82) is 0 Å². The Kier molecular flexibility index (Phi) is 7.16. The van der Waals surface area contributed by atoms with E-state index in [0.717, 1.165) is 25.0 Å². The first-order valence-electron chi connectivity index (χ1n) is 8.26. The molecule has 26 heavy (non-hydrogen) atoms. The zero-order chi connectivity index (χ0) is 19.3. The summed E-state index contributed by atoms with van der Waals surface area (Å²) in [6.07, 6.45) is -1.38. The van der Waals surface area contributed by atoms with Crippen molar-refractivity contribution in [2.75, 3.05) is 11.1 Å². The van der Waals surface area contributed by atoms with E-state index >= 15 is 0 Å².